The van der Waals surface area contributed by atoms with Crippen LogP contribution in [-0.2, 0) is 9.59 Å². The molecule has 3 aromatic rings. The number of para-hydroxylation sites is 1. The maximum absolute atomic E-state index is 12.6. The van der Waals surface area contributed by atoms with Crippen LogP contribution in [0, 0.1) is 0 Å². The molecule has 1 saturated heterocycles. The molecule has 5 rings (SSSR count). The topological polar surface area (TPSA) is 49.4 Å². The van der Waals surface area contributed by atoms with Crippen LogP contribution >= 0.6 is 0 Å². The molecule has 2 aliphatic rings. The standard InChI is InChI=1S/C15H18N2O2.C14H14/c18-14-10-12(11-6-2-3-7-13(11)16-14)15(19)17-8-4-1-5-9-17;1-12(13-8-4-2-5-9-13)14-10-6-3-7-11-14/h2-3,6-7,12H,1,4-5,8-10H2,(H,16,18);2-12H,1H3. The van der Waals surface area contributed by atoms with Crippen LogP contribution in [0.25, 0.3) is 0 Å². The lowest BCUT2D eigenvalue weighted by Crippen LogP contribution is -2.41. The summed E-state index contributed by atoms with van der Waals surface area (Å²) in [6.45, 7) is 3.91. The fraction of sp³-hybridized carbons (Fsp3) is 0.310. The summed E-state index contributed by atoms with van der Waals surface area (Å²) in [4.78, 5) is 26.3. The maximum Gasteiger partial charge on any atom is 0.230 e. The van der Waals surface area contributed by atoms with Gasteiger partial charge < -0.3 is 10.2 Å². The van der Waals surface area contributed by atoms with Crippen molar-refractivity contribution in [1.82, 2.24) is 4.90 Å². The van der Waals surface area contributed by atoms with E-state index in [4.69, 9.17) is 0 Å². The maximum atomic E-state index is 12.6. The molecule has 1 N–H and O–H groups in total. The van der Waals surface area contributed by atoms with Crippen LogP contribution in [0.4, 0.5) is 5.69 Å². The molecule has 1 unspecified atom stereocenters. The summed E-state index contributed by atoms with van der Waals surface area (Å²) >= 11 is 0. The van der Waals surface area contributed by atoms with Crippen LogP contribution in [0.5, 0.6) is 0 Å². The summed E-state index contributed by atoms with van der Waals surface area (Å²) in [5.74, 6) is 0.233. The van der Waals surface area contributed by atoms with Crippen molar-refractivity contribution < 1.29 is 9.59 Å². The number of likely N-dealkylation sites (tertiary alicyclic amines) is 1. The van der Waals surface area contributed by atoms with E-state index in [1.807, 2.05) is 29.2 Å². The summed E-state index contributed by atoms with van der Waals surface area (Å²) in [6, 6.07) is 28.8. The highest BCUT2D eigenvalue weighted by Gasteiger charge is 2.33. The number of carbonyl (C=O) groups is 2. The van der Waals surface area contributed by atoms with Crippen molar-refractivity contribution in [1.29, 1.82) is 0 Å². The van der Waals surface area contributed by atoms with Gasteiger partial charge in [-0.25, -0.2) is 0 Å². The molecule has 1 fully saturated rings. The number of hydrogen-bond acceptors (Lipinski definition) is 2. The van der Waals surface area contributed by atoms with Gasteiger partial charge in [-0.05, 0) is 42.0 Å². The molecule has 0 spiro atoms. The number of nitrogens with one attached hydrogen (secondary N) is 1. The Morgan fingerprint density at radius 2 is 1.36 bits per heavy atom. The number of rotatable bonds is 3. The van der Waals surface area contributed by atoms with E-state index in [2.05, 4.69) is 72.9 Å². The molecule has 170 valence electrons. The fourth-order valence-electron chi connectivity index (χ4n) is 4.64. The Balaban J connectivity index is 0.000000165. The molecule has 4 heteroatoms. The molecule has 0 aliphatic carbocycles. The highest BCUT2D eigenvalue weighted by atomic mass is 16.2. The number of fused-ring (bicyclic) bond motifs is 1. The number of nitrogens with zero attached hydrogens (tertiary/aromatic N) is 1. The summed E-state index contributed by atoms with van der Waals surface area (Å²) in [5, 5.41) is 2.84. The van der Waals surface area contributed by atoms with Crippen molar-refractivity contribution in [2.45, 2.75) is 44.4 Å². The van der Waals surface area contributed by atoms with Crippen molar-refractivity contribution in [2.75, 3.05) is 18.4 Å². The SMILES string of the molecule is CC(c1ccccc1)c1ccccc1.O=C1CC(C(=O)N2CCCCC2)c2ccccc2N1. The van der Waals surface area contributed by atoms with Gasteiger partial charge in [0.05, 0.1) is 5.92 Å². The van der Waals surface area contributed by atoms with E-state index in [0.29, 0.717) is 5.92 Å². The Hall–Kier alpha value is -3.40. The molecule has 1 atom stereocenters. The summed E-state index contributed by atoms with van der Waals surface area (Å²) in [6.07, 6.45) is 3.62. The van der Waals surface area contributed by atoms with Gasteiger partial charge in [-0.3, -0.25) is 9.59 Å². The average Bonchev–Trinajstić information content (AvgIpc) is 2.89. The first-order chi connectivity index (χ1) is 16.1. The van der Waals surface area contributed by atoms with E-state index in [9.17, 15) is 9.59 Å². The third-order valence-electron chi connectivity index (χ3n) is 6.56. The molecule has 2 heterocycles. The Morgan fingerprint density at radius 1 is 0.818 bits per heavy atom. The lowest BCUT2D eigenvalue weighted by Gasteiger charge is -2.32. The van der Waals surface area contributed by atoms with Gasteiger partial charge in [-0.15, -0.1) is 0 Å². The molecule has 0 aromatic heterocycles. The highest BCUT2D eigenvalue weighted by Crippen LogP contribution is 2.33. The first-order valence-electron chi connectivity index (χ1n) is 11.9. The number of piperidine rings is 1. The number of amides is 2. The van der Waals surface area contributed by atoms with Crippen LogP contribution < -0.4 is 5.32 Å². The second-order valence-corrected chi connectivity index (χ2v) is 8.82. The second kappa shape index (κ2) is 11.0. The van der Waals surface area contributed by atoms with Crippen LogP contribution in [0.2, 0.25) is 0 Å². The molecule has 33 heavy (non-hydrogen) atoms. The number of hydrogen-bond donors (Lipinski definition) is 1. The number of benzene rings is 3. The molecule has 0 saturated carbocycles. The zero-order chi connectivity index (χ0) is 23.0. The van der Waals surface area contributed by atoms with Gasteiger partial charge in [0.25, 0.3) is 0 Å². The molecule has 2 aliphatic heterocycles. The summed E-state index contributed by atoms with van der Waals surface area (Å²) in [5.41, 5.74) is 4.49. The third kappa shape index (κ3) is 5.70. The molecule has 3 aromatic carbocycles. The molecular formula is C29H32N2O2. The minimum absolute atomic E-state index is 0.0611. The molecule has 0 bridgehead atoms. The third-order valence-corrected chi connectivity index (χ3v) is 6.56. The first kappa shape index (κ1) is 22.8. The smallest absolute Gasteiger partial charge is 0.230 e. The van der Waals surface area contributed by atoms with Gasteiger partial charge >= 0.3 is 0 Å². The van der Waals surface area contributed by atoms with Crippen LogP contribution in [0.15, 0.2) is 84.9 Å². The zero-order valence-corrected chi connectivity index (χ0v) is 19.2. The highest BCUT2D eigenvalue weighted by molar-refractivity contribution is 6.01. The van der Waals surface area contributed by atoms with Crippen molar-refractivity contribution >= 4 is 17.5 Å². The van der Waals surface area contributed by atoms with Gasteiger partial charge in [0.1, 0.15) is 0 Å². The Bertz CT molecular complexity index is 1020. The van der Waals surface area contributed by atoms with Gasteiger partial charge in [-0.1, -0.05) is 85.8 Å². The monoisotopic (exact) mass is 440 g/mol. The minimum atomic E-state index is -0.303. The first-order valence-corrected chi connectivity index (χ1v) is 11.9. The zero-order valence-electron chi connectivity index (χ0n) is 19.2. The van der Waals surface area contributed by atoms with Gasteiger partial charge in [0.2, 0.25) is 11.8 Å². The predicted octanol–water partition coefficient (Wildman–Crippen LogP) is 5.96. The Kier molecular flexibility index (Phi) is 7.56. The minimum Gasteiger partial charge on any atom is -0.342 e. The Labute approximate surface area is 196 Å². The quantitative estimate of drug-likeness (QED) is 0.546. The van der Waals surface area contributed by atoms with E-state index in [0.717, 1.165) is 37.2 Å². The van der Waals surface area contributed by atoms with Crippen molar-refractivity contribution in [2.24, 2.45) is 0 Å². The van der Waals surface area contributed by atoms with E-state index in [1.165, 1.54) is 17.5 Å². The molecule has 4 nitrogen and oxygen atoms in total. The van der Waals surface area contributed by atoms with Gasteiger partial charge in [-0.2, -0.15) is 0 Å². The van der Waals surface area contributed by atoms with Gasteiger partial charge in [0, 0.05) is 31.1 Å². The van der Waals surface area contributed by atoms with Crippen molar-refractivity contribution in [3.8, 4) is 0 Å². The Morgan fingerprint density at radius 3 is 1.97 bits per heavy atom. The van der Waals surface area contributed by atoms with E-state index in [1.54, 1.807) is 0 Å². The van der Waals surface area contributed by atoms with Crippen LogP contribution in [0.3, 0.4) is 0 Å². The van der Waals surface area contributed by atoms with Crippen molar-refractivity contribution in [3.63, 3.8) is 0 Å². The summed E-state index contributed by atoms with van der Waals surface area (Å²) < 4.78 is 0. The number of carbonyl (C=O) groups excluding carboxylic acids is 2. The van der Waals surface area contributed by atoms with E-state index >= 15 is 0 Å². The van der Waals surface area contributed by atoms with Crippen LogP contribution in [-0.4, -0.2) is 29.8 Å². The molecule has 0 radical (unpaired) electrons. The van der Waals surface area contributed by atoms with Crippen LogP contribution in [0.1, 0.15) is 61.1 Å². The summed E-state index contributed by atoms with van der Waals surface area (Å²) in [7, 11) is 0. The van der Waals surface area contributed by atoms with Gasteiger partial charge in [0.15, 0.2) is 0 Å². The largest absolute Gasteiger partial charge is 0.342 e. The lowest BCUT2D eigenvalue weighted by atomic mass is 9.89. The predicted molar refractivity (Wildman–Crippen MR) is 133 cm³/mol. The fourth-order valence-corrected chi connectivity index (χ4v) is 4.64. The van der Waals surface area contributed by atoms with E-state index in [-0.39, 0.29) is 24.2 Å². The number of anilines is 1. The second-order valence-electron chi connectivity index (χ2n) is 8.82. The molecule has 2 amide bonds. The molecular weight excluding hydrogens is 408 g/mol. The van der Waals surface area contributed by atoms with Crippen molar-refractivity contribution in [3.05, 3.63) is 102 Å². The average molecular weight is 441 g/mol. The lowest BCUT2D eigenvalue weighted by molar-refractivity contribution is -0.135. The van der Waals surface area contributed by atoms with E-state index < -0.39 is 0 Å². The normalized spacial score (nSPS) is 17.5.